The Balaban J connectivity index is 1.55. The van der Waals surface area contributed by atoms with Crippen molar-refractivity contribution in [1.82, 2.24) is 19.9 Å². The van der Waals surface area contributed by atoms with Crippen molar-refractivity contribution < 1.29 is 13.6 Å². The zero-order valence-electron chi connectivity index (χ0n) is 15.7. The minimum absolute atomic E-state index is 0.0742. The van der Waals surface area contributed by atoms with Gasteiger partial charge in [0.1, 0.15) is 11.3 Å². The molecule has 9 heteroatoms. The fourth-order valence-electron chi connectivity index (χ4n) is 4.50. The number of hydrogen-bond donors (Lipinski definition) is 2. The van der Waals surface area contributed by atoms with Gasteiger partial charge in [-0.2, -0.15) is 4.98 Å². The molecule has 3 heterocycles. The Kier molecular flexibility index (Phi) is 4.36. The zero-order valence-corrected chi connectivity index (χ0v) is 16.5. The number of hydrogen-bond acceptors (Lipinski definition) is 6. The van der Waals surface area contributed by atoms with E-state index in [0.717, 1.165) is 36.7 Å². The van der Waals surface area contributed by atoms with Crippen LogP contribution in [-0.4, -0.2) is 35.7 Å². The Labute approximate surface area is 170 Å². The molecule has 0 radical (unpaired) electrons. The summed E-state index contributed by atoms with van der Waals surface area (Å²) in [6.45, 7) is 0.628. The van der Waals surface area contributed by atoms with E-state index in [9.17, 15) is 13.6 Å². The van der Waals surface area contributed by atoms with Gasteiger partial charge in [-0.3, -0.25) is 9.00 Å². The second-order valence-electron chi connectivity index (χ2n) is 7.69. The number of benzene rings is 1. The first-order chi connectivity index (χ1) is 14.1. The molecule has 1 fully saturated rings. The van der Waals surface area contributed by atoms with E-state index in [1.807, 2.05) is 6.07 Å². The van der Waals surface area contributed by atoms with Crippen molar-refractivity contribution in [2.45, 2.75) is 42.5 Å². The number of nitrogens with zero attached hydrogens (tertiary/aromatic N) is 3. The maximum atomic E-state index is 12.5. The number of fused-ring (bicyclic) bond motifs is 4. The SMILES string of the molecule is O=C1NCC2(CCCCC2)n2c1cc1cnc(Nc3ccc(S(=O)[O-])cc3)nc12. The normalized spacial score (nSPS) is 19.0. The molecule has 1 aliphatic carbocycles. The molecule has 1 aliphatic heterocycles. The van der Waals surface area contributed by atoms with Crippen LogP contribution in [0.25, 0.3) is 11.0 Å². The van der Waals surface area contributed by atoms with Crippen LogP contribution in [0.15, 0.2) is 41.4 Å². The number of anilines is 2. The summed E-state index contributed by atoms with van der Waals surface area (Å²) in [6, 6.07) is 8.24. The smallest absolute Gasteiger partial charge is 0.268 e. The van der Waals surface area contributed by atoms with Crippen LogP contribution in [0.3, 0.4) is 0 Å². The van der Waals surface area contributed by atoms with Crippen molar-refractivity contribution in [3.63, 3.8) is 0 Å². The molecule has 1 saturated carbocycles. The number of carbonyl (C=O) groups is 1. The lowest BCUT2D eigenvalue weighted by Gasteiger charge is -2.42. The van der Waals surface area contributed by atoms with Crippen molar-refractivity contribution in [2.24, 2.45) is 0 Å². The molecule has 1 aromatic carbocycles. The van der Waals surface area contributed by atoms with E-state index in [-0.39, 0.29) is 16.3 Å². The molecule has 150 valence electrons. The van der Waals surface area contributed by atoms with Gasteiger partial charge in [0.2, 0.25) is 5.95 Å². The molecule has 3 aromatic rings. The Morgan fingerprint density at radius 2 is 1.93 bits per heavy atom. The largest absolute Gasteiger partial charge is 0.768 e. The first-order valence-electron chi connectivity index (χ1n) is 9.69. The highest BCUT2D eigenvalue weighted by Gasteiger charge is 2.41. The Morgan fingerprint density at radius 1 is 1.17 bits per heavy atom. The lowest BCUT2D eigenvalue weighted by Crippen LogP contribution is -2.52. The Bertz CT molecular complexity index is 1120. The summed E-state index contributed by atoms with van der Waals surface area (Å²) in [5, 5.41) is 7.02. The molecule has 29 heavy (non-hydrogen) atoms. The van der Waals surface area contributed by atoms with Gasteiger partial charge in [0.15, 0.2) is 0 Å². The van der Waals surface area contributed by atoms with Crippen LogP contribution in [0, 0.1) is 0 Å². The van der Waals surface area contributed by atoms with Gasteiger partial charge in [-0.05, 0) is 54.3 Å². The summed E-state index contributed by atoms with van der Waals surface area (Å²) in [5.74, 6) is 0.334. The van der Waals surface area contributed by atoms with Gasteiger partial charge in [-0.1, -0.05) is 19.3 Å². The molecule has 1 atom stereocenters. The molecule has 1 amide bonds. The molecule has 1 spiro atoms. The fraction of sp³-hybridized carbons (Fsp3) is 0.350. The second-order valence-corrected chi connectivity index (χ2v) is 8.63. The van der Waals surface area contributed by atoms with Crippen LogP contribution >= 0.6 is 0 Å². The van der Waals surface area contributed by atoms with Crippen LogP contribution in [0.2, 0.25) is 0 Å². The zero-order chi connectivity index (χ0) is 20.0. The predicted molar refractivity (Wildman–Crippen MR) is 108 cm³/mol. The summed E-state index contributed by atoms with van der Waals surface area (Å²) >= 11 is -2.26. The molecule has 0 saturated heterocycles. The number of rotatable bonds is 3. The van der Waals surface area contributed by atoms with Crippen molar-refractivity contribution in [2.75, 3.05) is 11.9 Å². The molecular weight excluding hydrogens is 390 g/mol. The highest BCUT2D eigenvalue weighted by Crippen LogP contribution is 2.40. The van der Waals surface area contributed by atoms with E-state index in [1.54, 1.807) is 18.3 Å². The van der Waals surface area contributed by atoms with Crippen molar-refractivity contribution in [3.05, 3.63) is 42.2 Å². The summed E-state index contributed by atoms with van der Waals surface area (Å²) in [5.41, 5.74) is 1.96. The minimum Gasteiger partial charge on any atom is -0.768 e. The third-order valence-corrected chi connectivity index (χ3v) is 6.57. The molecule has 1 unspecified atom stereocenters. The van der Waals surface area contributed by atoms with E-state index >= 15 is 0 Å². The topological polar surface area (TPSA) is 112 Å². The first-order valence-corrected chi connectivity index (χ1v) is 10.8. The summed E-state index contributed by atoms with van der Waals surface area (Å²) in [7, 11) is 0. The molecule has 5 rings (SSSR count). The highest BCUT2D eigenvalue weighted by molar-refractivity contribution is 7.79. The van der Waals surface area contributed by atoms with E-state index < -0.39 is 11.1 Å². The average molecular weight is 410 g/mol. The first kappa shape index (κ1) is 18.3. The summed E-state index contributed by atoms with van der Waals surface area (Å²) in [4.78, 5) is 21.8. The monoisotopic (exact) mass is 410 g/mol. The highest BCUT2D eigenvalue weighted by atomic mass is 32.2. The number of aromatic nitrogens is 3. The Hall–Kier alpha value is -2.78. The van der Waals surface area contributed by atoms with Crippen molar-refractivity contribution in [3.8, 4) is 0 Å². The lowest BCUT2D eigenvalue weighted by atomic mass is 9.80. The molecule has 8 nitrogen and oxygen atoms in total. The van der Waals surface area contributed by atoms with E-state index in [1.165, 1.54) is 18.6 Å². The van der Waals surface area contributed by atoms with Gasteiger partial charge in [-0.15, -0.1) is 0 Å². The maximum Gasteiger partial charge on any atom is 0.268 e. The predicted octanol–water partition coefficient (Wildman–Crippen LogP) is 2.82. The fourth-order valence-corrected chi connectivity index (χ4v) is 4.86. The summed E-state index contributed by atoms with van der Waals surface area (Å²) in [6.07, 6.45) is 7.25. The van der Waals surface area contributed by atoms with E-state index in [2.05, 4.69) is 20.2 Å². The molecule has 2 N–H and O–H groups in total. The van der Waals surface area contributed by atoms with Crippen LogP contribution in [0.5, 0.6) is 0 Å². The van der Waals surface area contributed by atoms with Crippen molar-refractivity contribution in [1.29, 1.82) is 0 Å². The molecule has 2 aromatic heterocycles. The van der Waals surface area contributed by atoms with Crippen LogP contribution in [0.1, 0.15) is 42.6 Å². The molecule has 2 aliphatic rings. The van der Waals surface area contributed by atoms with Crippen LogP contribution < -0.4 is 10.6 Å². The van der Waals surface area contributed by atoms with Gasteiger partial charge in [0.25, 0.3) is 5.91 Å². The van der Waals surface area contributed by atoms with Crippen LogP contribution in [0.4, 0.5) is 11.6 Å². The van der Waals surface area contributed by atoms with Crippen LogP contribution in [-0.2, 0) is 16.6 Å². The van der Waals surface area contributed by atoms with Gasteiger partial charge < -0.3 is 19.8 Å². The van der Waals surface area contributed by atoms with Gasteiger partial charge in [0, 0.05) is 28.7 Å². The van der Waals surface area contributed by atoms with Gasteiger partial charge in [0.05, 0.1) is 5.54 Å². The average Bonchev–Trinajstić information content (AvgIpc) is 3.13. The maximum absolute atomic E-state index is 12.5. The van der Waals surface area contributed by atoms with E-state index in [4.69, 9.17) is 4.98 Å². The lowest BCUT2D eigenvalue weighted by molar-refractivity contribution is 0.0833. The summed E-state index contributed by atoms with van der Waals surface area (Å²) < 4.78 is 24.2. The quantitative estimate of drug-likeness (QED) is 0.642. The molecule has 0 bridgehead atoms. The third kappa shape index (κ3) is 3.10. The van der Waals surface area contributed by atoms with Gasteiger partial charge >= 0.3 is 0 Å². The van der Waals surface area contributed by atoms with Crippen molar-refractivity contribution >= 4 is 39.7 Å². The Morgan fingerprint density at radius 3 is 2.66 bits per heavy atom. The second kappa shape index (κ2) is 6.93. The number of nitrogens with one attached hydrogen (secondary N) is 2. The van der Waals surface area contributed by atoms with E-state index in [0.29, 0.717) is 23.9 Å². The molecular formula is C20H20N5O3S-. The third-order valence-electron chi connectivity index (χ3n) is 5.91. The number of amides is 1. The van der Waals surface area contributed by atoms with Gasteiger partial charge in [-0.25, -0.2) is 4.98 Å². The minimum atomic E-state index is -2.26. The standard InChI is InChI=1S/C20H21N5O3S/c26-18-16-10-13-11-21-19(23-14-4-6-15(7-5-14)29(27)28)24-17(13)25(16)20(12-22-18)8-2-1-3-9-20/h4-7,10-11H,1-3,8-9,12H2,(H,22,26)(H,27,28)(H,21,23,24)/p-1. The number of carbonyl (C=O) groups excluding carboxylic acids is 1.